The molecule has 0 spiro atoms. The lowest BCUT2D eigenvalue weighted by Gasteiger charge is -2.40. The summed E-state index contributed by atoms with van der Waals surface area (Å²) >= 11 is 0. The molecule has 7 nitrogen and oxygen atoms in total. The molecule has 1 aliphatic carbocycles. The van der Waals surface area contributed by atoms with Crippen LogP contribution in [0, 0.1) is 5.92 Å². The molecule has 0 aromatic carbocycles. The minimum absolute atomic E-state index is 0.0340. The summed E-state index contributed by atoms with van der Waals surface area (Å²) in [6.07, 6.45) is 3.85. The third kappa shape index (κ3) is 4.60. The quantitative estimate of drug-likeness (QED) is 0.604. The second kappa shape index (κ2) is 6.59. The Kier molecular flexibility index (Phi) is 5.08. The van der Waals surface area contributed by atoms with Crippen molar-refractivity contribution in [2.24, 2.45) is 11.7 Å². The molecule has 1 aromatic rings. The lowest BCUT2D eigenvalue weighted by molar-refractivity contribution is 0.0315. The number of rotatable bonds is 4. The molecule has 1 heterocycles. The molecule has 0 radical (unpaired) electrons. The average Bonchev–Trinajstić information content (AvgIpc) is 2.40. The number of nitrogens with one attached hydrogen (secondary N) is 2. The van der Waals surface area contributed by atoms with E-state index in [0.717, 1.165) is 12.8 Å². The first-order chi connectivity index (χ1) is 11.0. The van der Waals surface area contributed by atoms with Crippen LogP contribution in [0.25, 0.3) is 0 Å². The smallest absolute Gasteiger partial charge is 0.254 e. The highest BCUT2D eigenvalue weighted by molar-refractivity contribution is 6.14. The molecule has 1 aromatic heterocycles. The number of carbonyl (C=O) groups excluding carboxylic acids is 1. The fraction of sp³-hybridized carbons (Fsp3) is 0.688. The molecule has 3 atom stereocenters. The number of nitrogens with zero attached hydrogens (tertiary/aromatic N) is 2. The van der Waals surface area contributed by atoms with Crippen molar-refractivity contribution in [1.82, 2.24) is 9.97 Å². The number of primary amides is 1. The highest BCUT2D eigenvalue weighted by Gasteiger charge is 2.36. The van der Waals surface area contributed by atoms with Crippen LogP contribution in [-0.2, 0) is 0 Å². The van der Waals surface area contributed by atoms with Gasteiger partial charge in [-0.2, -0.15) is 4.98 Å². The summed E-state index contributed by atoms with van der Waals surface area (Å²) in [7, 11) is 1.85. The predicted molar refractivity (Wildman–Crippen MR) is 97.8 cm³/mol. The molecule has 1 aliphatic rings. The SMILES string of the molecule is B[C@@]1(O)C[C@H](Nc2nc(NC(C)(C)C)ncc2C(N)=O)CC[C@H]1C. The second-order valence-electron chi connectivity index (χ2n) is 8.08. The van der Waals surface area contributed by atoms with E-state index in [9.17, 15) is 9.90 Å². The Morgan fingerprint density at radius 1 is 1.46 bits per heavy atom. The second-order valence-corrected chi connectivity index (χ2v) is 8.08. The first-order valence-corrected chi connectivity index (χ1v) is 8.42. The number of carbonyl (C=O) groups is 1. The number of anilines is 2. The highest BCUT2D eigenvalue weighted by Crippen LogP contribution is 2.33. The van der Waals surface area contributed by atoms with Gasteiger partial charge in [0, 0.05) is 23.3 Å². The Labute approximate surface area is 144 Å². The zero-order chi connectivity index (χ0) is 18.1. The summed E-state index contributed by atoms with van der Waals surface area (Å²) in [5.41, 5.74) is 4.77. The van der Waals surface area contributed by atoms with Gasteiger partial charge in [-0.05, 0) is 46.0 Å². The minimum Gasteiger partial charge on any atom is -0.399 e. The van der Waals surface area contributed by atoms with E-state index in [2.05, 4.69) is 27.5 Å². The molecule has 0 saturated heterocycles. The van der Waals surface area contributed by atoms with Crippen molar-refractivity contribution in [2.45, 2.75) is 64.0 Å². The zero-order valence-electron chi connectivity index (χ0n) is 15.2. The van der Waals surface area contributed by atoms with Crippen LogP contribution in [0.1, 0.15) is 57.3 Å². The van der Waals surface area contributed by atoms with Crippen LogP contribution in [0.15, 0.2) is 6.20 Å². The molecule has 1 amide bonds. The predicted octanol–water partition coefficient (Wildman–Crippen LogP) is 0.708. The van der Waals surface area contributed by atoms with E-state index in [1.54, 1.807) is 0 Å². The van der Waals surface area contributed by atoms with Crippen molar-refractivity contribution >= 4 is 25.5 Å². The van der Waals surface area contributed by atoms with Gasteiger partial charge in [-0.1, -0.05) is 6.92 Å². The van der Waals surface area contributed by atoms with Gasteiger partial charge in [0.25, 0.3) is 5.91 Å². The highest BCUT2D eigenvalue weighted by atomic mass is 16.3. The van der Waals surface area contributed by atoms with Crippen LogP contribution in [0.5, 0.6) is 0 Å². The summed E-state index contributed by atoms with van der Waals surface area (Å²) in [5.74, 6) is 0.524. The van der Waals surface area contributed by atoms with E-state index in [0.29, 0.717) is 18.2 Å². The van der Waals surface area contributed by atoms with Crippen molar-refractivity contribution < 1.29 is 9.90 Å². The van der Waals surface area contributed by atoms with Crippen LogP contribution in [0.3, 0.4) is 0 Å². The lowest BCUT2D eigenvalue weighted by Crippen LogP contribution is -2.46. The summed E-state index contributed by atoms with van der Waals surface area (Å²) in [5, 5.41) is 17.0. The maximum Gasteiger partial charge on any atom is 0.254 e. The molecule has 24 heavy (non-hydrogen) atoms. The van der Waals surface area contributed by atoms with Gasteiger partial charge in [0.05, 0.1) is 5.56 Å². The molecular formula is C16H28BN5O2. The van der Waals surface area contributed by atoms with Crippen molar-refractivity contribution in [3.8, 4) is 0 Å². The standard InChI is InChI=1S/C16H28BN5O2/c1-9-5-6-10(7-16(9,17)24)20-13-11(12(18)23)8-19-14(21-13)22-15(2,3)4/h8-10,24H,5-7,17H2,1-4H3,(H2,18,23)(H2,19,20,21,22)/t9-,10-,16-/m1/s1. The first kappa shape index (κ1) is 18.5. The van der Waals surface area contributed by atoms with E-state index in [1.165, 1.54) is 6.20 Å². The van der Waals surface area contributed by atoms with E-state index in [4.69, 9.17) is 5.73 Å². The summed E-state index contributed by atoms with van der Waals surface area (Å²) in [6.45, 7) is 8.07. The average molecular weight is 333 g/mol. The Hall–Kier alpha value is -1.83. The molecule has 0 bridgehead atoms. The Morgan fingerprint density at radius 2 is 2.12 bits per heavy atom. The molecule has 132 valence electrons. The number of aromatic nitrogens is 2. The fourth-order valence-electron chi connectivity index (χ4n) is 2.95. The normalized spacial score (nSPS) is 27.5. The van der Waals surface area contributed by atoms with E-state index >= 15 is 0 Å². The van der Waals surface area contributed by atoms with E-state index in [1.807, 2.05) is 28.6 Å². The van der Waals surface area contributed by atoms with Crippen molar-refractivity contribution in [1.29, 1.82) is 0 Å². The van der Waals surface area contributed by atoms with Crippen molar-refractivity contribution in [3.63, 3.8) is 0 Å². The summed E-state index contributed by atoms with van der Waals surface area (Å²) in [6, 6.07) is 0.0340. The van der Waals surface area contributed by atoms with Crippen LogP contribution in [-0.4, -0.2) is 45.9 Å². The number of hydrogen-bond donors (Lipinski definition) is 4. The Balaban J connectivity index is 2.23. The summed E-state index contributed by atoms with van der Waals surface area (Å²) in [4.78, 5) is 20.3. The van der Waals surface area contributed by atoms with Gasteiger partial charge in [-0.25, -0.2) is 4.98 Å². The zero-order valence-corrected chi connectivity index (χ0v) is 15.2. The monoisotopic (exact) mass is 333 g/mol. The molecular weight excluding hydrogens is 305 g/mol. The molecule has 1 saturated carbocycles. The number of hydrogen-bond acceptors (Lipinski definition) is 6. The van der Waals surface area contributed by atoms with Gasteiger partial charge in [0.15, 0.2) is 0 Å². The van der Waals surface area contributed by atoms with Crippen LogP contribution in [0.2, 0.25) is 0 Å². The Morgan fingerprint density at radius 3 is 2.67 bits per heavy atom. The van der Waals surface area contributed by atoms with Gasteiger partial charge in [-0.15, -0.1) is 0 Å². The van der Waals surface area contributed by atoms with E-state index in [-0.39, 0.29) is 23.1 Å². The topological polar surface area (TPSA) is 113 Å². The van der Waals surface area contributed by atoms with Crippen LogP contribution < -0.4 is 16.4 Å². The molecule has 8 heteroatoms. The molecule has 5 N–H and O–H groups in total. The fourth-order valence-corrected chi connectivity index (χ4v) is 2.95. The van der Waals surface area contributed by atoms with Gasteiger partial charge in [-0.3, -0.25) is 4.79 Å². The minimum atomic E-state index is -0.734. The molecule has 1 fully saturated rings. The number of aliphatic hydroxyl groups is 1. The number of nitrogens with two attached hydrogens (primary N) is 1. The summed E-state index contributed by atoms with van der Waals surface area (Å²) < 4.78 is 0. The maximum absolute atomic E-state index is 11.7. The third-order valence-electron chi connectivity index (χ3n) is 4.55. The third-order valence-corrected chi connectivity index (χ3v) is 4.55. The Bertz CT molecular complexity index is 615. The van der Waals surface area contributed by atoms with Gasteiger partial charge in [0.2, 0.25) is 5.95 Å². The van der Waals surface area contributed by atoms with Gasteiger partial charge >= 0.3 is 0 Å². The van der Waals surface area contributed by atoms with E-state index < -0.39 is 11.4 Å². The number of amides is 1. The van der Waals surface area contributed by atoms with Gasteiger partial charge in [0.1, 0.15) is 13.7 Å². The first-order valence-electron chi connectivity index (χ1n) is 8.42. The largest absolute Gasteiger partial charge is 0.399 e. The molecule has 2 rings (SSSR count). The van der Waals surface area contributed by atoms with Crippen molar-refractivity contribution in [3.05, 3.63) is 11.8 Å². The van der Waals surface area contributed by atoms with Crippen LogP contribution >= 0.6 is 0 Å². The lowest BCUT2D eigenvalue weighted by atomic mass is 9.63. The molecule has 0 unspecified atom stereocenters. The van der Waals surface area contributed by atoms with Crippen LogP contribution in [0.4, 0.5) is 11.8 Å². The van der Waals surface area contributed by atoms with Crippen molar-refractivity contribution in [2.75, 3.05) is 10.6 Å². The maximum atomic E-state index is 11.7. The molecule has 0 aliphatic heterocycles. The van der Waals surface area contributed by atoms with Gasteiger partial charge < -0.3 is 21.5 Å².